The number of anilines is 1. The minimum Gasteiger partial charge on any atom is -0.493 e. The summed E-state index contributed by atoms with van der Waals surface area (Å²) in [6.07, 6.45) is 0.725. The average Bonchev–Trinajstić information content (AvgIpc) is 2.65. The molecular weight excluding hydrogens is 277 g/mol. The van der Waals surface area contributed by atoms with Crippen LogP contribution in [0.2, 0.25) is 0 Å². The number of methoxy groups -OCH3 is 1. The molecule has 1 aromatic carbocycles. The van der Waals surface area contributed by atoms with E-state index in [4.69, 9.17) is 19.9 Å². The smallest absolute Gasteiger partial charge is 0.174 e. The minimum absolute atomic E-state index is 0.0670. The Labute approximate surface area is 121 Å². The van der Waals surface area contributed by atoms with Crippen molar-refractivity contribution >= 4 is 5.82 Å². The highest BCUT2D eigenvalue weighted by Crippen LogP contribution is 2.46. The number of aryl methyl sites for hydroxylation is 1. The van der Waals surface area contributed by atoms with E-state index in [1.165, 1.54) is 17.9 Å². The quantitative estimate of drug-likeness (QED) is 0.916. The predicted molar refractivity (Wildman–Crippen MR) is 75.2 cm³/mol. The molecule has 0 saturated heterocycles. The highest BCUT2D eigenvalue weighted by atomic mass is 19.1. The second kappa shape index (κ2) is 5.16. The van der Waals surface area contributed by atoms with Crippen LogP contribution in [0, 0.1) is 5.82 Å². The number of hydrogen-bond donors (Lipinski definition) is 1. The minimum atomic E-state index is -0.527. The van der Waals surface area contributed by atoms with E-state index < -0.39 is 5.82 Å². The Bertz CT molecular complexity index is 665. The molecule has 0 spiro atoms. The Morgan fingerprint density at radius 3 is 2.76 bits per heavy atom. The lowest BCUT2D eigenvalue weighted by Gasteiger charge is -2.15. The number of aromatic nitrogens is 2. The molecule has 3 rings (SSSR count). The lowest BCUT2D eigenvalue weighted by molar-refractivity contribution is 0.297. The first-order valence-corrected chi connectivity index (χ1v) is 6.57. The van der Waals surface area contributed by atoms with Gasteiger partial charge in [0.25, 0.3) is 0 Å². The molecular formula is C14H16FN3O3. The SMILES string of the molecule is COc1c(F)cc2c(c1-c1cc(N)n(C)n1)OCCCO2. The zero-order chi connectivity index (χ0) is 15.0. The van der Waals surface area contributed by atoms with Gasteiger partial charge in [-0.3, -0.25) is 4.68 Å². The number of nitrogen functional groups attached to an aromatic ring is 1. The zero-order valence-corrected chi connectivity index (χ0v) is 11.9. The van der Waals surface area contributed by atoms with Crippen LogP contribution in [0.5, 0.6) is 17.2 Å². The molecule has 0 aliphatic carbocycles. The first kappa shape index (κ1) is 13.5. The standard InChI is InChI=1S/C14H16FN3O3/c1-18-11(16)7-9(17-18)12-13(19-2)8(15)6-10-14(12)21-5-3-4-20-10/h6-7H,3-5,16H2,1-2H3. The molecule has 0 atom stereocenters. The van der Waals surface area contributed by atoms with Crippen LogP contribution in [0.15, 0.2) is 12.1 Å². The number of halogens is 1. The lowest BCUT2D eigenvalue weighted by Crippen LogP contribution is -2.01. The molecule has 0 radical (unpaired) electrons. The van der Waals surface area contributed by atoms with Crippen molar-refractivity contribution in [1.82, 2.24) is 9.78 Å². The van der Waals surface area contributed by atoms with Crippen LogP contribution in [0.1, 0.15) is 6.42 Å². The summed E-state index contributed by atoms with van der Waals surface area (Å²) in [6.45, 7) is 0.958. The fourth-order valence-electron chi connectivity index (χ4n) is 2.29. The average molecular weight is 293 g/mol. The Kier molecular flexibility index (Phi) is 3.32. The maximum absolute atomic E-state index is 14.2. The Morgan fingerprint density at radius 1 is 1.33 bits per heavy atom. The molecule has 0 fully saturated rings. The van der Waals surface area contributed by atoms with Crippen molar-refractivity contribution in [2.75, 3.05) is 26.1 Å². The first-order valence-electron chi connectivity index (χ1n) is 6.57. The number of hydrogen-bond acceptors (Lipinski definition) is 5. The van der Waals surface area contributed by atoms with Crippen LogP contribution in [-0.2, 0) is 7.05 Å². The van der Waals surface area contributed by atoms with E-state index >= 15 is 0 Å². The Morgan fingerprint density at radius 2 is 2.10 bits per heavy atom. The van der Waals surface area contributed by atoms with Gasteiger partial charge < -0.3 is 19.9 Å². The van der Waals surface area contributed by atoms with Gasteiger partial charge in [0.15, 0.2) is 23.1 Å². The number of rotatable bonds is 2. The Balaban J connectivity index is 2.27. The van der Waals surface area contributed by atoms with Crippen LogP contribution in [0.25, 0.3) is 11.3 Å². The number of nitrogens with zero attached hydrogens (tertiary/aromatic N) is 2. The van der Waals surface area contributed by atoms with Gasteiger partial charge in [-0.1, -0.05) is 0 Å². The molecule has 0 saturated carbocycles. The third-order valence-electron chi connectivity index (χ3n) is 3.32. The van der Waals surface area contributed by atoms with Crippen LogP contribution >= 0.6 is 0 Å². The largest absolute Gasteiger partial charge is 0.493 e. The fraction of sp³-hybridized carbons (Fsp3) is 0.357. The molecule has 1 aliphatic heterocycles. The van der Waals surface area contributed by atoms with Crippen molar-refractivity contribution in [2.45, 2.75) is 6.42 Å². The van der Waals surface area contributed by atoms with Gasteiger partial charge in [0.2, 0.25) is 0 Å². The van der Waals surface area contributed by atoms with Gasteiger partial charge in [0.1, 0.15) is 11.5 Å². The maximum atomic E-state index is 14.2. The topological polar surface area (TPSA) is 71.5 Å². The number of ether oxygens (including phenoxy) is 3. The summed E-state index contributed by atoms with van der Waals surface area (Å²) >= 11 is 0. The van der Waals surface area contributed by atoms with Gasteiger partial charge in [-0.05, 0) is 0 Å². The molecule has 0 bridgehead atoms. The third kappa shape index (κ3) is 2.24. The van der Waals surface area contributed by atoms with E-state index in [9.17, 15) is 4.39 Å². The molecule has 7 heteroatoms. The highest BCUT2D eigenvalue weighted by Gasteiger charge is 2.26. The van der Waals surface area contributed by atoms with E-state index in [-0.39, 0.29) is 5.75 Å². The molecule has 112 valence electrons. The Hall–Kier alpha value is -2.44. The van der Waals surface area contributed by atoms with Crippen LogP contribution in [0.3, 0.4) is 0 Å². The maximum Gasteiger partial charge on any atom is 0.174 e. The second-order valence-electron chi connectivity index (χ2n) is 4.72. The molecule has 0 unspecified atom stereocenters. The van der Waals surface area contributed by atoms with Gasteiger partial charge in [-0.15, -0.1) is 0 Å². The predicted octanol–water partition coefficient (Wildman–Crippen LogP) is 1.98. The molecule has 0 amide bonds. The molecule has 2 N–H and O–H groups in total. The summed E-state index contributed by atoms with van der Waals surface area (Å²) < 4.78 is 32.2. The highest BCUT2D eigenvalue weighted by molar-refractivity contribution is 5.79. The zero-order valence-electron chi connectivity index (χ0n) is 11.9. The lowest BCUT2D eigenvalue weighted by atomic mass is 10.1. The van der Waals surface area contributed by atoms with Gasteiger partial charge in [-0.2, -0.15) is 5.10 Å². The van der Waals surface area contributed by atoms with Crippen molar-refractivity contribution < 1.29 is 18.6 Å². The van der Waals surface area contributed by atoms with E-state index in [1.807, 2.05) is 0 Å². The molecule has 6 nitrogen and oxygen atoms in total. The van der Waals surface area contributed by atoms with E-state index in [0.717, 1.165) is 6.42 Å². The first-order chi connectivity index (χ1) is 10.1. The third-order valence-corrected chi connectivity index (χ3v) is 3.32. The molecule has 21 heavy (non-hydrogen) atoms. The van der Waals surface area contributed by atoms with Crippen molar-refractivity contribution in [1.29, 1.82) is 0 Å². The summed E-state index contributed by atoms with van der Waals surface area (Å²) in [5, 5.41) is 4.28. The van der Waals surface area contributed by atoms with Gasteiger partial charge in [0, 0.05) is 25.6 Å². The van der Waals surface area contributed by atoms with Crippen molar-refractivity contribution in [2.24, 2.45) is 7.05 Å². The normalized spacial score (nSPS) is 13.9. The summed E-state index contributed by atoms with van der Waals surface area (Å²) in [6, 6.07) is 2.92. The van der Waals surface area contributed by atoms with Crippen molar-refractivity contribution in [3.63, 3.8) is 0 Å². The molecule has 2 heterocycles. The fourth-order valence-corrected chi connectivity index (χ4v) is 2.29. The molecule has 1 aromatic heterocycles. The summed E-state index contributed by atoms with van der Waals surface area (Å²) in [7, 11) is 3.11. The summed E-state index contributed by atoms with van der Waals surface area (Å²) in [5.41, 5.74) is 6.71. The number of fused-ring (bicyclic) bond motifs is 1. The van der Waals surface area contributed by atoms with Gasteiger partial charge in [-0.25, -0.2) is 4.39 Å². The van der Waals surface area contributed by atoms with Crippen LogP contribution < -0.4 is 19.9 Å². The second-order valence-corrected chi connectivity index (χ2v) is 4.72. The van der Waals surface area contributed by atoms with E-state index in [2.05, 4.69) is 5.10 Å². The van der Waals surface area contributed by atoms with Crippen LogP contribution in [0.4, 0.5) is 10.2 Å². The number of nitrogens with two attached hydrogens (primary N) is 1. The molecule has 1 aliphatic rings. The van der Waals surface area contributed by atoms with Crippen molar-refractivity contribution in [3.05, 3.63) is 17.9 Å². The van der Waals surface area contributed by atoms with Crippen molar-refractivity contribution in [3.8, 4) is 28.5 Å². The summed E-state index contributed by atoms with van der Waals surface area (Å²) in [5.74, 6) is 0.784. The monoisotopic (exact) mass is 293 g/mol. The number of benzene rings is 1. The summed E-state index contributed by atoms with van der Waals surface area (Å²) in [4.78, 5) is 0. The van der Waals surface area contributed by atoms with E-state index in [0.29, 0.717) is 41.8 Å². The van der Waals surface area contributed by atoms with E-state index in [1.54, 1.807) is 13.1 Å². The van der Waals surface area contributed by atoms with Crippen LogP contribution in [-0.4, -0.2) is 30.1 Å². The van der Waals surface area contributed by atoms with Gasteiger partial charge in [0.05, 0.1) is 25.9 Å². The molecule has 2 aromatic rings. The van der Waals surface area contributed by atoms with Gasteiger partial charge >= 0.3 is 0 Å².